The molecule has 39 heavy (non-hydrogen) atoms. The summed E-state index contributed by atoms with van der Waals surface area (Å²) in [5, 5.41) is 2.13. The number of benzene rings is 4. The van der Waals surface area contributed by atoms with E-state index in [0.717, 1.165) is 33.2 Å². The van der Waals surface area contributed by atoms with Gasteiger partial charge in [-0.2, -0.15) is 0 Å². The molecule has 204 valence electrons. The number of hydrogen-bond acceptors (Lipinski definition) is 4. The van der Waals surface area contributed by atoms with Crippen molar-refractivity contribution in [1.29, 1.82) is 0 Å². The standard InChI is InChI=1S/C30H31Cl2N2O4P/c31-18-20-34(21-19-32)39(33,35)36-22-17-28-37-27-16-15-23-9-7-8-14-26(23)29(27)30(38-28,24-10-3-1-4-11-24)25-12-5-2-6-13-25/h1-16,28H,17-22H2,(H2,33,35). The molecule has 1 aliphatic rings. The van der Waals surface area contributed by atoms with Gasteiger partial charge in [0, 0.05) is 36.8 Å². The van der Waals surface area contributed by atoms with Crippen LogP contribution in [0.2, 0.25) is 0 Å². The van der Waals surface area contributed by atoms with Crippen LogP contribution in [0.1, 0.15) is 23.1 Å². The SMILES string of the molecule is NP(=O)(OCCC1Oc2ccc3ccccc3c2C(c2ccccc2)(c2ccccc2)O1)N(CCCl)CCCl. The van der Waals surface area contributed by atoms with Gasteiger partial charge in [-0.05, 0) is 28.0 Å². The summed E-state index contributed by atoms with van der Waals surface area (Å²) in [6.45, 7) is 0.677. The summed E-state index contributed by atoms with van der Waals surface area (Å²) in [7, 11) is -3.60. The number of hydrogen-bond donors (Lipinski definition) is 1. The summed E-state index contributed by atoms with van der Waals surface area (Å²) in [6, 6.07) is 32.6. The summed E-state index contributed by atoms with van der Waals surface area (Å²) < 4.78 is 33.7. The molecule has 9 heteroatoms. The van der Waals surface area contributed by atoms with Gasteiger partial charge in [-0.15, -0.1) is 23.2 Å². The van der Waals surface area contributed by atoms with Gasteiger partial charge in [-0.3, -0.25) is 4.57 Å². The zero-order valence-electron chi connectivity index (χ0n) is 21.4. The fourth-order valence-corrected chi connectivity index (χ4v) is 7.07. The van der Waals surface area contributed by atoms with Gasteiger partial charge in [0.1, 0.15) is 5.75 Å². The molecule has 0 aromatic heterocycles. The number of alkyl halides is 2. The maximum Gasteiger partial charge on any atom is 0.340 e. The second kappa shape index (κ2) is 12.4. The van der Waals surface area contributed by atoms with Crippen LogP contribution < -0.4 is 10.2 Å². The molecule has 0 saturated carbocycles. The minimum absolute atomic E-state index is 0.0576. The zero-order valence-corrected chi connectivity index (χ0v) is 23.8. The Hall–Kier alpha value is -2.41. The van der Waals surface area contributed by atoms with Crippen molar-refractivity contribution in [3.8, 4) is 5.75 Å². The lowest BCUT2D eigenvalue weighted by atomic mass is 9.77. The average Bonchev–Trinajstić information content (AvgIpc) is 2.97. The van der Waals surface area contributed by atoms with Crippen LogP contribution in [-0.4, -0.2) is 42.4 Å². The number of halogens is 2. The predicted molar refractivity (Wildman–Crippen MR) is 158 cm³/mol. The van der Waals surface area contributed by atoms with Crippen molar-refractivity contribution in [2.24, 2.45) is 5.50 Å². The second-order valence-electron chi connectivity index (χ2n) is 9.26. The molecule has 4 aromatic rings. The van der Waals surface area contributed by atoms with Gasteiger partial charge in [0.25, 0.3) is 0 Å². The van der Waals surface area contributed by atoms with Crippen LogP contribution >= 0.6 is 30.9 Å². The van der Waals surface area contributed by atoms with Gasteiger partial charge in [0.15, 0.2) is 5.60 Å². The Morgan fingerprint density at radius 2 is 1.44 bits per heavy atom. The molecule has 2 atom stereocenters. The summed E-state index contributed by atoms with van der Waals surface area (Å²) in [5.74, 6) is 1.24. The van der Waals surface area contributed by atoms with Gasteiger partial charge >= 0.3 is 7.67 Å². The summed E-state index contributed by atoms with van der Waals surface area (Å²) in [6.07, 6.45) is -0.404. The van der Waals surface area contributed by atoms with E-state index in [-0.39, 0.29) is 18.4 Å². The Labute approximate surface area is 239 Å². The van der Waals surface area contributed by atoms with Crippen molar-refractivity contribution in [2.45, 2.75) is 18.3 Å². The first kappa shape index (κ1) is 28.1. The Morgan fingerprint density at radius 1 is 0.846 bits per heavy atom. The van der Waals surface area contributed by atoms with Crippen LogP contribution in [0.15, 0.2) is 97.1 Å². The molecular weight excluding hydrogens is 554 g/mol. The summed E-state index contributed by atoms with van der Waals surface area (Å²) in [4.78, 5) is 0. The van der Waals surface area contributed by atoms with Gasteiger partial charge < -0.3 is 14.0 Å². The number of rotatable bonds is 11. The molecule has 0 fully saturated rings. The molecule has 0 spiro atoms. The van der Waals surface area contributed by atoms with Gasteiger partial charge in [0.2, 0.25) is 6.29 Å². The largest absolute Gasteiger partial charge is 0.464 e. The highest BCUT2D eigenvalue weighted by atomic mass is 35.5. The molecule has 6 nitrogen and oxygen atoms in total. The molecule has 0 bridgehead atoms. The van der Waals surface area contributed by atoms with Crippen LogP contribution in [-0.2, 0) is 19.4 Å². The van der Waals surface area contributed by atoms with Gasteiger partial charge in [0.05, 0.1) is 6.61 Å². The summed E-state index contributed by atoms with van der Waals surface area (Å²) >= 11 is 11.7. The van der Waals surface area contributed by atoms with E-state index < -0.39 is 19.6 Å². The van der Waals surface area contributed by atoms with Crippen molar-refractivity contribution in [2.75, 3.05) is 31.5 Å². The highest BCUT2D eigenvalue weighted by Crippen LogP contribution is 2.51. The number of ether oxygens (including phenoxy) is 2. The molecule has 1 aliphatic heterocycles. The lowest BCUT2D eigenvalue weighted by Crippen LogP contribution is -2.44. The Morgan fingerprint density at radius 3 is 2.05 bits per heavy atom. The first-order chi connectivity index (χ1) is 19.0. The zero-order chi connectivity index (χ0) is 27.3. The van der Waals surface area contributed by atoms with E-state index in [2.05, 4.69) is 42.5 Å². The van der Waals surface area contributed by atoms with E-state index in [0.29, 0.717) is 19.5 Å². The minimum atomic E-state index is -3.60. The molecule has 4 aromatic carbocycles. The van der Waals surface area contributed by atoms with Crippen LogP contribution in [0, 0.1) is 0 Å². The third kappa shape index (κ3) is 5.75. The second-order valence-corrected chi connectivity index (χ2v) is 12.0. The van der Waals surface area contributed by atoms with Crippen molar-refractivity contribution >= 4 is 41.6 Å². The first-order valence-electron chi connectivity index (χ1n) is 12.9. The Bertz CT molecular complexity index is 1400. The molecule has 0 radical (unpaired) electrons. The van der Waals surface area contributed by atoms with E-state index >= 15 is 0 Å². The maximum absolute atomic E-state index is 13.1. The third-order valence-electron chi connectivity index (χ3n) is 6.88. The monoisotopic (exact) mass is 584 g/mol. The average molecular weight is 585 g/mol. The lowest BCUT2D eigenvalue weighted by molar-refractivity contribution is -0.167. The Balaban J connectivity index is 1.55. The predicted octanol–water partition coefficient (Wildman–Crippen LogP) is 7.12. The van der Waals surface area contributed by atoms with E-state index in [1.165, 1.54) is 4.67 Å². The maximum atomic E-state index is 13.1. The number of fused-ring (bicyclic) bond motifs is 3. The number of nitrogens with two attached hydrogens (primary N) is 1. The highest BCUT2D eigenvalue weighted by molar-refractivity contribution is 7.53. The molecular formula is C30H31Cl2N2O4P. The normalized spacial score (nSPS) is 17.9. The van der Waals surface area contributed by atoms with E-state index in [1.54, 1.807) is 0 Å². The van der Waals surface area contributed by atoms with Crippen molar-refractivity contribution in [1.82, 2.24) is 4.67 Å². The lowest BCUT2D eigenvalue weighted by Gasteiger charge is -2.44. The van der Waals surface area contributed by atoms with Gasteiger partial charge in [-0.25, -0.2) is 10.2 Å². The molecule has 1 heterocycles. The Kier molecular flexibility index (Phi) is 8.95. The van der Waals surface area contributed by atoms with Gasteiger partial charge in [-0.1, -0.05) is 91.0 Å². The van der Waals surface area contributed by atoms with E-state index in [9.17, 15) is 4.57 Å². The molecule has 5 rings (SSSR count). The van der Waals surface area contributed by atoms with Crippen LogP contribution in [0.5, 0.6) is 5.75 Å². The quantitative estimate of drug-likeness (QED) is 0.149. The van der Waals surface area contributed by atoms with E-state index in [1.807, 2.05) is 54.6 Å². The van der Waals surface area contributed by atoms with E-state index in [4.69, 9.17) is 42.7 Å². The van der Waals surface area contributed by atoms with Crippen molar-refractivity contribution < 1.29 is 18.6 Å². The first-order valence-corrected chi connectivity index (χ1v) is 15.6. The molecule has 2 N–H and O–H groups in total. The molecule has 2 unspecified atom stereocenters. The van der Waals surface area contributed by atoms with Crippen LogP contribution in [0.3, 0.4) is 0 Å². The fraction of sp³-hybridized carbons (Fsp3) is 0.267. The third-order valence-corrected chi connectivity index (χ3v) is 8.96. The molecule has 0 aliphatic carbocycles. The van der Waals surface area contributed by atoms with Crippen molar-refractivity contribution in [3.63, 3.8) is 0 Å². The summed E-state index contributed by atoms with van der Waals surface area (Å²) in [5.41, 5.74) is 8.01. The molecule has 0 saturated heterocycles. The molecule has 0 amide bonds. The smallest absolute Gasteiger partial charge is 0.340 e. The van der Waals surface area contributed by atoms with Crippen molar-refractivity contribution in [3.05, 3.63) is 114 Å². The topological polar surface area (TPSA) is 74.0 Å². The fourth-order valence-electron chi connectivity index (χ4n) is 5.14. The highest BCUT2D eigenvalue weighted by Gasteiger charge is 2.47. The number of nitrogens with zero attached hydrogens (tertiary/aromatic N) is 1. The minimum Gasteiger partial charge on any atom is -0.464 e. The van der Waals surface area contributed by atoms with Crippen LogP contribution in [0.25, 0.3) is 10.8 Å². The van der Waals surface area contributed by atoms with Crippen LogP contribution in [0.4, 0.5) is 0 Å².